The predicted molar refractivity (Wildman–Crippen MR) is 50.9 cm³/mol. The lowest BCUT2D eigenvalue weighted by Gasteiger charge is -2.08. The van der Waals surface area contributed by atoms with E-state index in [9.17, 15) is 8.42 Å². The van der Waals surface area contributed by atoms with E-state index in [0.717, 1.165) is 6.07 Å². The van der Waals surface area contributed by atoms with Crippen LogP contribution < -0.4 is 9.46 Å². The van der Waals surface area contributed by atoms with Gasteiger partial charge in [-0.25, -0.2) is 13.1 Å². The van der Waals surface area contributed by atoms with Crippen LogP contribution in [0.15, 0.2) is 23.1 Å². The van der Waals surface area contributed by atoms with Crippen molar-refractivity contribution in [3.63, 3.8) is 0 Å². The standard InChI is InChI=1S/C8H11NO4S/c1-9-14(11,12)8-5-6(10)3-4-7(8)13-2/h3-5,9-10H,1-2H3. The third-order valence-corrected chi connectivity index (χ3v) is 3.14. The smallest absolute Gasteiger partial charge is 0.244 e. The van der Waals surface area contributed by atoms with Crippen molar-refractivity contribution in [3.8, 4) is 11.5 Å². The third-order valence-electron chi connectivity index (χ3n) is 1.71. The van der Waals surface area contributed by atoms with E-state index in [1.165, 1.54) is 26.3 Å². The van der Waals surface area contributed by atoms with E-state index in [4.69, 9.17) is 9.84 Å². The number of hydrogen-bond donors (Lipinski definition) is 2. The average Bonchev–Trinajstić information content (AvgIpc) is 2.18. The number of rotatable bonds is 3. The zero-order valence-corrected chi connectivity index (χ0v) is 8.63. The Hall–Kier alpha value is -1.27. The van der Waals surface area contributed by atoms with Gasteiger partial charge in [-0.2, -0.15) is 0 Å². The molecule has 0 aliphatic carbocycles. The number of aromatic hydroxyl groups is 1. The molecule has 0 aromatic heterocycles. The first kappa shape index (κ1) is 10.8. The summed E-state index contributed by atoms with van der Waals surface area (Å²) in [6, 6.07) is 3.87. The van der Waals surface area contributed by atoms with Gasteiger partial charge in [-0.15, -0.1) is 0 Å². The number of phenols is 1. The maximum Gasteiger partial charge on any atom is 0.244 e. The fourth-order valence-electron chi connectivity index (χ4n) is 0.985. The molecule has 78 valence electrons. The molecule has 0 aliphatic rings. The average molecular weight is 217 g/mol. The lowest BCUT2D eigenvalue weighted by molar-refractivity contribution is 0.399. The Labute approximate surface area is 82.4 Å². The largest absolute Gasteiger partial charge is 0.508 e. The molecule has 6 heteroatoms. The Balaban J connectivity index is 3.39. The van der Waals surface area contributed by atoms with Gasteiger partial charge in [0.15, 0.2) is 0 Å². The van der Waals surface area contributed by atoms with Crippen LogP contribution in [-0.4, -0.2) is 27.7 Å². The van der Waals surface area contributed by atoms with Crippen molar-refractivity contribution in [3.05, 3.63) is 18.2 Å². The van der Waals surface area contributed by atoms with Gasteiger partial charge >= 0.3 is 0 Å². The molecular formula is C8H11NO4S. The lowest BCUT2D eigenvalue weighted by Crippen LogP contribution is -2.19. The van der Waals surface area contributed by atoms with Crippen molar-refractivity contribution in [1.82, 2.24) is 4.72 Å². The molecule has 0 fully saturated rings. The second-order valence-electron chi connectivity index (χ2n) is 2.54. The molecule has 0 atom stereocenters. The third kappa shape index (κ3) is 1.97. The highest BCUT2D eigenvalue weighted by Crippen LogP contribution is 2.26. The van der Waals surface area contributed by atoms with Gasteiger partial charge in [0.2, 0.25) is 10.0 Å². The summed E-state index contributed by atoms with van der Waals surface area (Å²) in [5, 5.41) is 9.14. The monoisotopic (exact) mass is 217 g/mol. The molecular weight excluding hydrogens is 206 g/mol. The number of benzene rings is 1. The first-order valence-electron chi connectivity index (χ1n) is 3.82. The highest BCUT2D eigenvalue weighted by atomic mass is 32.2. The van der Waals surface area contributed by atoms with Gasteiger partial charge in [0.05, 0.1) is 7.11 Å². The van der Waals surface area contributed by atoms with Crippen molar-refractivity contribution >= 4 is 10.0 Å². The summed E-state index contributed by atoms with van der Waals surface area (Å²) in [6.07, 6.45) is 0. The Morgan fingerprint density at radius 3 is 2.57 bits per heavy atom. The van der Waals surface area contributed by atoms with Gasteiger partial charge in [-0.1, -0.05) is 0 Å². The highest BCUT2D eigenvalue weighted by molar-refractivity contribution is 7.89. The van der Waals surface area contributed by atoms with Crippen LogP contribution in [0.3, 0.4) is 0 Å². The van der Waals surface area contributed by atoms with Gasteiger partial charge in [-0.05, 0) is 19.2 Å². The molecule has 0 aliphatic heterocycles. The predicted octanol–water partition coefficient (Wildman–Crippen LogP) is 0.309. The number of sulfonamides is 1. The molecule has 5 nitrogen and oxygen atoms in total. The topological polar surface area (TPSA) is 75.6 Å². The molecule has 0 bridgehead atoms. The van der Waals surface area contributed by atoms with E-state index in [2.05, 4.69) is 4.72 Å². The summed E-state index contributed by atoms with van der Waals surface area (Å²) in [4.78, 5) is -0.0810. The van der Waals surface area contributed by atoms with E-state index < -0.39 is 10.0 Å². The van der Waals surface area contributed by atoms with Crippen molar-refractivity contribution in [2.45, 2.75) is 4.90 Å². The second kappa shape index (κ2) is 3.85. The molecule has 1 rings (SSSR count). The Bertz CT molecular complexity index is 427. The normalized spacial score (nSPS) is 11.3. The van der Waals surface area contributed by atoms with E-state index >= 15 is 0 Å². The summed E-state index contributed by atoms with van der Waals surface area (Å²) in [6.45, 7) is 0. The molecule has 1 aromatic carbocycles. The molecule has 0 saturated heterocycles. The number of ether oxygens (including phenoxy) is 1. The molecule has 14 heavy (non-hydrogen) atoms. The molecule has 2 N–H and O–H groups in total. The van der Waals surface area contributed by atoms with Crippen LogP contribution in [0.5, 0.6) is 11.5 Å². The summed E-state index contributed by atoms with van der Waals surface area (Å²) in [5.74, 6) is 0.0665. The minimum Gasteiger partial charge on any atom is -0.508 e. The number of hydrogen-bond acceptors (Lipinski definition) is 4. The maximum absolute atomic E-state index is 11.4. The first-order valence-corrected chi connectivity index (χ1v) is 5.30. The summed E-state index contributed by atoms with van der Waals surface area (Å²) < 4.78 is 29.9. The van der Waals surface area contributed by atoms with Crippen molar-refractivity contribution in [1.29, 1.82) is 0 Å². The molecule has 0 heterocycles. The van der Waals surface area contributed by atoms with Crippen LogP contribution in [0.25, 0.3) is 0 Å². The second-order valence-corrected chi connectivity index (χ2v) is 4.40. The maximum atomic E-state index is 11.4. The van der Waals surface area contributed by atoms with Crippen LogP contribution in [0.2, 0.25) is 0 Å². The van der Waals surface area contributed by atoms with Gasteiger partial charge < -0.3 is 9.84 Å². The lowest BCUT2D eigenvalue weighted by atomic mass is 10.3. The Kier molecular flexibility index (Phi) is 2.97. The van der Waals surface area contributed by atoms with Crippen molar-refractivity contribution in [2.24, 2.45) is 0 Å². The zero-order valence-electron chi connectivity index (χ0n) is 7.81. The Morgan fingerprint density at radius 2 is 2.07 bits per heavy atom. The summed E-state index contributed by atoms with van der Waals surface area (Å²) in [7, 11) is -0.946. The Morgan fingerprint density at radius 1 is 1.43 bits per heavy atom. The molecule has 0 saturated carbocycles. The van der Waals surface area contributed by atoms with Gasteiger partial charge in [0.25, 0.3) is 0 Å². The van der Waals surface area contributed by atoms with Crippen molar-refractivity contribution < 1.29 is 18.3 Å². The molecule has 1 aromatic rings. The van der Waals surface area contributed by atoms with Crippen LogP contribution in [0, 0.1) is 0 Å². The van der Waals surface area contributed by atoms with Crippen LogP contribution in [0.4, 0.5) is 0 Å². The van der Waals surface area contributed by atoms with Crippen LogP contribution in [0.1, 0.15) is 0 Å². The highest BCUT2D eigenvalue weighted by Gasteiger charge is 2.17. The molecule has 0 unspecified atom stereocenters. The summed E-state index contributed by atoms with van der Waals surface area (Å²) >= 11 is 0. The van der Waals surface area contributed by atoms with Gasteiger partial charge in [0, 0.05) is 6.07 Å². The SMILES string of the molecule is CNS(=O)(=O)c1cc(O)ccc1OC. The fourth-order valence-corrected chi connectivity index (χ4v) is 1.90. The minimum absolute atomic E-state index is 0.0810. The zero-order chi connectivity index (χ0) is 10.8. The van der Waals surface area contributed by atoms with Gasteiger partial charge in [-0.3, -0.25) is 0 Å². The van der Waals surface area contributed by atoms with E-state index in [1.54, 1.807) is 0 Å². The minimum atomic E-state index is -3.60. The molecule has 0 radical (unpaired) electrons. The summed E-state index contributed by atoms with van der Waals surface area (Å²) in [5.41, 5.74) is 0. The van der Waals surface area contributed by atoms with E-state index in [-0.39, 0.29) is 16.4 Å². The fraction of sp³-hybridized carbons (Fsp3) is 0.250. The van der Waals surface area contributed by atoms with E-state index in [0.29, 0.717) is 0 Å². The number of phenolic OH excluding ortho intramolecular Hbond substituents is 1. The first-order chi connectivity index (χ1) is 6.51. The van der Waals surface area contributed by atoms with E-state index in [1.807, 2.05) is 0 Å². The quantitative estimate of drug-likeness (QED) is 0.764. The van der Waals surface area contributed by atoms with Crippen molar-refractivity contribution in [2.75, 3.05) is 14.2 Å². The number of nitrogens with one attached hydrogen (secondary N) is 1. The molecule has 0 amide bonds. The van der Waals surface area contributed by atoms with Gasteiger partial charge in [0.1, 0.15) is 16.4 Å². The molecule has 0 spiro atoms. The van der Waals surface area contributed by atoms with Crippen LogP contribution >= 0.6 is 0 Å². The van der Waals surface area contributed by atoms with Crippen LogP contribution in [-0.2, 0) is 10.0 Å². The number of methoxy groups -OCH3 is 1.